The molecule has 1 heterocycles. The Morgan fingerprint density at radius 3 is 2.54 bits per heavy atom. The summed E-state index contributed by atoms with van der Waals surface area (Å²) in [5, 5.41) is 6.82. The van der Waals surface area contributed by atoms with E-state index in [9.17, 15) is 0 Å². The molecule has 2 N–H and O–H groups in total. The molecule has 0 saturated carbocycles. The number of ether oxygens (including phenoxy) is 1. The van der Waals surface area contributed by atoms with Gasteiger partial charge in [-0.15, -0.1) is 0 Å². The Morgan fingerprint density at radius 1 is 1.12 bits per heavy atom. The summed E-state index contributed by atoms with van der Waals surface area (Å²) in [7, 11) is 5.99. The van der Waals surface area contributed by atoms with Gasteiger partial charge in [-0.2, -0.15) is 0 Å². The summed E-state index contributed by atoms with van der Waals surface area (Å²) in [6.45, 7) is 1.51. The molecule has 5 heteroatoms. The first-order chi connectivity index (χ1) is 12.7. The summed E-state index contributed by atoms with van der Waals surface area (Å²) in [6, 6.07) is 19.0. The number of hydrogen-bond acceptors (Lipinski definition) is 3. The maximum absolute atomic E-state index is 5.98. The third-order valence-electron chi connectivity index (χ3n) is 4.71. The zero-order valence-corrected chi connectivity index (χ0v) is 15.8. The highest BCUT2D eigenvalue weighted by Gasteiger charge is 2.22. The van der Waals surface area contributed by atoms with E-state index in [1.807, 2.05) is 18.2 Å². The fourth-order valence-corrected chi connectivity index (χ4v) is 3.27. The van der Waals surface area contributed by atoms with Gasteiger partial charge in [0.25, 0.3) is 0 Å². The lowest BCUT2D eigenvalue weighted by Crippen LogP contribution is -2.44. The fourth-order valence-electron chi connectivity index (χ4n) is 3.27. The molecule has 0 radical (unpaired) electrons. The van der Waals surface area contributed by atoms with Crippen LogP contribution in [0.4, 0.5) is 0 Å². The quantitative estimate of drug-likeness (QED) is 0.619. The number of nitrogens with zero attached hydrogens (tertiary/aromatic N) is 2. The number of guanidine groups is 1. The number of benzene rings is 2. The number of aliphatic imine (C=N–C) groups is 1. The molecule has 2 unspecified atom stereocenters. The van der Waals surface area contributed by atoms with Crippen molar-refractivity contribution in [1.82, 2.24) is 15.5 Å². The van der Waals surface area contributed by atoms with E-state index in [0.717, 1.165) is 31.2 Å². The maximum atomic E-state index is 5.98. The molecule has 5 nitrogen and oxygen atoms in total. The molecule has 0 bridgehead atoms. The van der Waals surface area contributed by atoms with Crippen LogP contribution in [-0.4, -0.2) is 51.2 Å². The van der Waals surface area contributed by atoms with Gasteiger partial charge in [0.2, 0.25) is 0 Å². The van der Waals surface area contributed by atoms with Gasteiger partial charge >= 0.3 is 0 Å². The summed E-state index contributed by atoms with van der Waals surface area (Å²) in [6.07, 6.45) is 1.08. The van der Waals surface area contributed by atoms with E-state index in [-0.39, 0.29) is 12.1 Å². The minimum Gasteiger partial charge on any atom is -0.488 e. The summed E-state index contributed by atoms with van der Waals surface area (Å²) >= 11 is 0. The lowest BCUT2D eigenvalue weighted by atomic mass is 10.1. The molecule has 0 spiro atoms. The van der Waals surface area contributed by atoms with Crippen molar-refractivity contribution in [1.29, 1.82) is 0 Å². The lowest BCUT2D eigenvalue weighted by Gasteiger charge is -2.26. The molecule has 3 rings (SSSR count). The van der Waals surface area contributed by atoms with Crippen molar-refractivity contribution in [2.75, 3.05) is 34.2 Å². The first-order valence-electron chi connectivity index (χ1n) is 9.08. The van der Waals surface area contributed by atoms with Crippen molar-refractivity contribution in [2.24, 2.45) is 4.99 Å². The number of fused-ring (bicyclic) bond motifs is 1. The van der Waals surface area contributed by atoms with Gasteiger partial charge in [0.05, 0.1) is 12.6 Å². The van der Waals surface area contributed by atoms with Crippen molar-refractivity contribution >= 4 is 5.96 Å². The number of para-hydroxylation sites is 1. The van der Waals surface area contributed by atoms with E-state index in [2.05, 4.69) is 71.0 Å². The summed E-state index contributed by atoms with van der Waals surface area (Å²) in [5.41, 5.74) is 2.56. The van der Waals surface area contributed by atoms with Crippen LogP contribution in [0.1, 0.15) is 17.2 Å². The Kier molecular flexibility index (Phi) is 6.12. The molecule has 2 aromatic carbocycles. The van der Waals surface area contributed by atoms with E-state index < -0.39 is 0 Å². The van der Waals surface area contributed by atoms with Gasteiger partial charge in [-0.05, 0) is 31.3 Å². The fraction of sp³-hybridized carbons (Fsp3) is 0.381. The predicted octanol–water partition coefficient (Wildman–Crippen LogP) is 2.46. The van der Waals surface area contributed by atoms with Crippen LogP contribution in [0.15, 0.2) is 59.6 Å². The van der Waals surface area contributed by atoms with E-state index in [1.54, 1.807) is 7.05 Å². The van der Waals surface area contributed by atoms with Crippen LogP contribution in [0.5, 0.6) is 5.75 Å². The summed E-state index contributed by atoms with van der Waals surface area (Å²) < 4.78 is 5.98. The molecule has 1 aliphatic heterocycles. The first kappa shape index (κ1) is 18.3. The highest BCUT2D eigenvalue weighted by atomic mass is 16.5. The molecule has 0 saturated heterocycles. The van der Waals surface area contributed by atoms with Crippen molar-refractivity contribution < 1.29 is 4.74 Å². The van der Waals surface area contributed by atoms with E-state index in [1.165, 1.54) is 11.1 Å². The summed E-state index contributed by atoms with van der Waals surface area (Å²) in [5.74, 6) is 1.80. The van der Waals surface area contributed by atoms with Crippen LogP contribution in [-0.2, 0) is 6.42 Å². The molecule has 138 valence electrons. The Labute approximate surface area is 156 Å². The Morgan fingerprint density at radius 2 is 1.85 bits per heavy atom. The van der Waals surface area contributed by atoms with Crippen LogP contribution in [0.25, 0.3) is 0 Å². The average molecular weight is 352 g/mol. The molecular formula is C21H28N4O. The Balaban J connectivity index is 1.50. The zero-order valence-electron chi connectivity index (χ0n) is 15.8. The van der Waals surface area contributed by atoms with Gasteiger partial charge in [-0.3, -0.25) is 4.99 Å². The second-order valence-corrected chi connectivity index (χ2v) is 6.78. The monoisotopic (exact) mass is 352 g/mol. The van der Waals surface area contributed by atoms with Crippen LogP contribution in [0, 0.1) is 0 Å². The highest BCUT2D eigenvalue weighted by molar-refractivity contribution is 5.79. The van der Waals surface area contributed by atoms with E-state index >= 15 is 0 Å². The van der Waals surface area contributed by atoms with Crippen molar-refractivity contribution in [3.63, 3.8) is 0 Å². The van der Waals surface area contributed by atoms with Crippen molar-refractivity contribution in [2.45, 2.75) is 18.6 Å². The van der Waals surface area contributed by atoms with Gasteiger partial charge in [0.15, 0.2) is 5.96 Å². The van der Waals surface area contributed by atoms with E-state index in [0.29, 0.717) is 0 Å². The first-order valence-corrected chi connectivity index (χ1v) is 9.08. The molecule has 26 heavy (non-hydrogen) atoms. The largest absolute Gasteiger partial charge is 0.488 e. The van der Waals surface area contributed by atoms with E-state index in [4.69, 9.17) is 4.74 Å². The molecule has 1 aliphatic rings. The second-order valence-electron chi connectivity index (χ2n) is 6.78. The smallest absolute Gasteiger partial charge is 0.191 e. The SMILES string of the molecule is CN=C(NCC1Cc2ccccc2O1)NCC(c1ccccc1)N(C)C. The lowest BCUT2D eigenvalue weighted by molar-refractivity contribution is 0.234. The maximum Gasteiger partial charge on any atom is 0.191 e. The van der Waals surface area contributed by atoms with Gasteiger partial charge < -0.3 is 20.3 Å². The number of likely N-dealkylation sites (N-methyl/N-ethyl adjacent to an activating group) is 1. The standard InChI is InChI=1S/C21H28N4O/c1-22-21(23-14-18-13-17-11-7-8-12-20(17)26-18)24-15-19(25(2)3)16-9-5-4-6-10-16/h4-12,18-19H,13-15H2,1-3H3,(H2,22,23,24). The second kappa shape index (κ2) is 8.72. The highest BCUT2D eigenvalue weighted by Crippen LogP contribution is 2.27. The van der Waals surface area contributed by atoms with Crippen LogP contribution in [0.2, 0.25) is 0 Å². The van der Waals surface area contributed by atoms with Gasteiger partial charge in [0, 0.05) is 20.0 Å². The Hall–Kier alpha value is -2.53. The topological polar surface area (TPSA) is 48.9 Å². The summed E-state index contributed by atoms with van der Waals surface area (Å²) in [4.78, 5) is 6.56. The third kappa shape index (κ3) is 4.55. The minimum absolute atomic E-state index is 0.143. The van der Waals surface area contributed by atoms with Gasteiger partial charge in [-0.1, -0.05) is 48.5 Å². The molecular weight excluding hydrogens is 324 g/mol. The predicted molar refractivity (Wildman–Crippen MR) is 107 cm³/mol. The molecule has 2 aromatic rings. The number of nitrogens with one attached hydrogen (secondary N) is 2. The van der Waals surface area contributed by atoms with Gasteiger partial charge in [-0.25, -0.2) is 0 Å². The van der Waals surface area contributed by atoms with Crippen molar-refractivity contribution in [3.8, 4) is 5.75 Å². The molecule has 0 amide bonds. The zero-order chi connectivity index (χ0) is 18.4. The number of rotatable bonds is 6. The molecule has 0 fully saturated rings. The Bertz CT molecular complexity index is 705. The molecule has 0 aliphatic carbocycles. The number of hydrogen-bond donors (Lipinski definition) is 2. The average Bonchev–Trinajstić information content (AvgIpc) is 3.08. The normalized spacial score (nSPS) is 17.5. The molecule has 2 atom stereocenters. The van der Waals surface area contributed by atoms with Crippen molar-refractivity contribution in [3.05, 3.63) is 65.7 Å². The van der Waals surface area contributed by atoms with Crippen LogP contribution < -0.4 is 15.4 Å². The van der Waals surface area contributed by atoms with Gasteiger partial charge in [0.1, 0.15) is 11.9 Å². The van der Waals surface area contributed by atoms with Crippen LogP contribution >= 0.6 is 0 Å². The van der Waals surface area contributed by atoms with Crippen LogP contribution in [0.3, 0.4) is 0 Å². The third-order valence-corrected chi connectivity index (χ3v) is 4.71. The minimum atomic E-state index is 0.143. The molecule has 0 aromatic heterocycles.